The second-order valence-corrected chi connectivity index (χ2v) is 10.0. The predicted octanol–water partition coefficient (Wildman–Crippen LogP) is 4.32. The van der Waals surface area contributed by atoms with Gasteiger partial charge in [-0.2, -0.15) is 0 Å². The van der Waals surface area contributed by atoms with Crippen LogP contribution in [0.25, 0.3) is 20.4 Å². The van der Waals surface area contributed by atoms with Crippen LogP contribution in [0.5, 0.6) is 0 Å². The Morgan fingerprint density at radius 2 is 2.07 bits per heavy atom. The molecule has 29 heavy (non-hydrogen) atoms. The molecule has 0 radical (unpaired) electrons. The Labute approximate surface area is 175 Å². The average Bonchev–Trinajstić information content (AvgIpc) is 3.34. The zero-order valence-electron chi connectivity index (χ0n) is 17.8. The van der Waals surface area contributed by atoms with Crippen molar-refractivity contribution in [2.45, 2.75) is 71.6 Å². The van der Waals surface area contributed by atoms with Crippen LogP contribution in [0, 0.1) is 0 Å². The van der Waals surface area contributed by atoms with Crippen molar-refractivity contribution < 1.29 is 9.72 Å². The van der Waals surface area contributed by atoms with Gasteiger partial charge in [-0.15, -0.1) is 0 Å². The van der Waals surface area contributed by atoms with E-state index < -0.39 is 0 Å². The van der Waals surface area contributed by atoms with E-state index in [1.165, 1.54) is 40.0 Å². The van der Waals surface area contributed by atoms with Crippen molar-refractivity contribution in [2.75, 3.05) is 23.3 Å². The van der Waals surface area contributed by atoms with Gasteiger partial charge >= 0.3 is 0 Å². The molecular weight excluding hydrogens is 382 g/mol. The fraction of sp³-hybridized carbons (Fsp3) is 0.591. The first kappa shape index (κ1) is 19.0. The minimum Gasteiger partial charge on any atom is -0.370 e. The molecule has 7 heteroatoms. The van der Waals surface area contributed by atoms with E-state index in [9.17, 15) is 0 Å². The summed E-state index contributed by atoms with van der Waals surface area (Å²) in [5.74, 6) is 2.19. The highest BCUT2D eigenvalue weighted by Gasteiger charge is 2.36. The lowest BCUT2D eigenvalue weighted by Gasteiger charge is -2.32. The van der Waals surface area contributed by atoms with Crippen molar-refractivity contribution >= 4 is 43.4 Å². The summed E-state index contributed by atoms with van der Waals surface area (Å²) in [6, 6.07) is 0.378. The lowest BCUT2D eigenvalue weighted by Crippen LogP contribution is -2.36. The Morgan fingerprint density at radius 1 is 1.28 bits per heavy atom. The molecule has 0 bridgehead atoms. The molecular formula is C22H30N5OS+. The average molecular weight is 413 g/mol. The monoisotopic (exact) mass is 412 g/mol. The maximum atomic E-state index is 6.23. The van der Waals surface area contributed by atoms with Crippen LogP contribution in [-0.2, 0) is 17.8 Å². The van der Waals surface area contributed by atoms with Gasteiger partial charge < -0.3 is 10.1 Å². The Morgan fingerprint density at radius 3 is 2.83 bits per heavy atom. The number of aromatic amines is 1. The third kappa shape index (κ3) is 3.24. The molecule has 0 saturated carbocycles. The first-order valence-electron chi connectivity index (χ1n) is 10.8. The number of ether oxygens (including phenoxy) is 1. The van der Waals surface area contributed by atoms with Crippen LogP contribution < -0.4 is 15.2 Å². The minimum absolute atomic E-state index is 0.164. The van der Waals surface area contributed by atoms with Crippen LogP contribution in [0.4, 0.5) is 11.6 Å². The SMILES string of the molecule is CC[C@@H](C)Nc1ncnc2c1sc1[nH+]c(N3CCCC3)c3c(c12)CC(C)(C)OC3. The highest BCUT2D eigenvalue weighted by Crippen LogP contribution is 2.42. The highest BCUT2D eigenvalue weighted by atomic mass is 32.1. The molecule has 2 N–H and O–H groups in total. The molecule has 0 unspecified atom stereocenters. The van der Waals surface area contributed by atoms with Gasteiger partial charge in [0, 0.05) is 12.5 Å². The largest absolute Gasteiger partial charge is 0.370 e. The first-order chi connectivity index (χ1) is 14.0. The number of fused-ring (bicyclic) bond motifs is 5. The first-order valence-corrected chi connectivity index (χ1v) is 11.6. The molecule has 3 aromatic heterocycles. The molecule has 1 atom stereocenters. The summed E-state index contributed by atoms with van der Waals surface area (Å²) in [4.78, 5) is 16.8. The molecule has 3 aromatic rings. The Hall–Kier alpha value is -1.99. The molecule has 5 heterocycles. The zero-order valence-corrected chi connectivity index (χ0v) is 18.6. The third-order valence-corrected chi connectivity index (χ3v) is 7.38. The summed E-state index contributed by atoms with van der Waals surface area (Å²) in [5, 5.41) is 4.83. The predicted molar refractivity (Wildman–Crippen MR) is 119 cm³/mol. The molecule has 0 spiro atoms. The van der Waals surface area contributed by atoms with Crippen LogP contribution in [0.2, 0.25) is 0 Å². The van der Waals surface area contributed by atoms with Gasteiger partial charge in [0.25, 0.3) is 5.82 Å². The fourth-order valence-electron chi connectivity index (χ4n) is 4.50. The molecule has 5 rings (SSSR count). The van der Waals surface area contributed by atoms with E-state index >= 15 is 0 Å². The fourth-order valence-corrected chi connectivity index (χ4v) is 5.63. The van der Waals surface area contributed by atoms with Crippen LogP contribution in [-0.4, -0.2) is 34.7 Å². The maximum absolute atomic E-state index is 6.23. The Bertz CT molecular complexity index is 1070. The molecule has 0 aromatic carbocycles. The number of pyridine rings is 1. The van der Waals surface area contributed by atoms with E-state index in [4.69, 9.17) is 9.72 Å². The van der Waals surface area contributed by atoms with Crippen molar-refractivity contribution in [1.29, 1.82) is 0 Å². The number of aromatic nitrogens is 3. The molecule has 154 valence electrons. The van der Waals surface area contributed by atoms with Gasteiger partial charge in [-0.25, -0.2) is 15.0 Å². The van der Waals surface area contributed by atoms with Crippen LogP contribution in [0.3, 0.4) is 0 Å². The van der Waals surface area contributed by atoms with Crippen LogP contribution in [0.15, 0.2) is 6.33 Å². The van der Waals surface area contributed by atoms with E-state index in [0.717, 1.165) is 42.0 Å². The number of anilines is 2. The van der Waals surface area contributed by atoms with Gasteiger partial charge in [-0.05, 0) is 45.6 Å². The molecule has 0 aliphatic carbocycles. The zero-order chi connectivity index (χ0) is 20.2. The molecule has 0 amide bonds. The van der Waals surface area contributed by atoms with Crippen LogP contribution >= 0.6 is 11.3 Å². The number of hydrogen-bond donors (Lipinski definition) is 1. The number of nitrogens with zero attached hydrogens (tertiary/aromatic N) is 3. The standard InChI is InChI=1S/C22H29N5OS/c1-5-13(2)25-19-18-17(23-12-24-19)16-14-10-22(3,4)28-11-15(14)20(26-21(16)29-18)27-8-6-7-9-27/h12-13H,5-11H2,1-4H3,(H,23,24,25)/p+1/t13-/m1/s1. The van der Waals surface area contributed by atoms with Gasteiger partial charge in [-0.3, -0.25) is 4.90 Å². The van der Waals surface area contributed by atoms with Crippen molar-refractivity contribution in [3.8, 4) is 0 Å². The van der Waals surface area contributed by atoms with Crippen LogP contribution in [0.1, 0.15) is 58.1 Å². The van der Waals surface area contributed by atoms with E-state index in [0.29, 0.717) is 12.6 Å². The minimum atomic E-state index is -0.164. The van der Waals surface area contributed by atoms with E-state index in [1.54, 1.807) is 17.7 Å². The van der Waals surface area contributed by atoms with Gasteiger partial charge in [-0.1, -0.05) is 18.3 Å². The smallest absolute Gasteiger partial charge is 0.281 e. The lowest BCUT2D eigenvalue weighted by molar-refractivity contribution is -0.328. The summed E-state index contributed by atoms with van der Waals surface area (Å²) >= 11 is 1.78. The quantitative estimate of drug-likeness (QED) is 0.691. The Balaban J connectivity index is 1.76. The van der Waals surface area contributed by atoms with Gasteiger partial charge in [0.2, 0.25) is 0 Å². The summed E-state index contributed by atoms with van der Waals surface area (Å²) in [6.07, 6.45) is 6.17. The lowest BCUT2D eigenvalue weighted by atomic mass is 9.90. The number of nitrogens with one attached hydrogen (secondary N) is 2. The molecule has 1 fully saturated rings. The Kier molecular flexibility index (Phi) is 4.62. The number of thiophene rings is 1. The van der Waals surface area contributed by atoms with Gasteiger partial charge in [0.15, 0.2) is 4.83 Å². The molecule has 2 aliphatic rings. The van der Waals surface area contributed by atoms with Gasteiger partial charge in [0.1, 0.15) is 16.8 Å². The van der Waals surface area contributed by atoms with Crippen molar-refractivity contribution in [3.63, 3.8) is 0 Å². The van der Waals surface area contributed by atoms with E-state index in [-0.39, 0.29) is 5.60 Å². The summed E-state index contributed by atoms with van der Waals surface area (Å²) in [7, 11) is 0. The van der Waals surface area contributed by atoms with Gasteiger partial charge in [0.05, 0.1) is 41.8 Å². The topological polar surface area (TPSA) is 64.4 Å². The third-order valence-electron chi connectivity index (χ3n) is 6.28. The number of hydrogen-bond acceptors (Lipinski definition) is 6. The second kappa shape index (κ2) is 7.06. The summed E-state index contributed by atoms with van der Waals surface area (Å²) in [5.41, 5.74) is 3.61. The van der Waals surface area contributed by atoms with E-state index in [1.807, 2.05) is 0 Å². The molecule has 6 nitrogen and oxygen atoms in total. The molecule has 2 aliphatic heterocycles. The van der Waals surface area contributed by atoms with Crippen molar-refractivity contribution in [3.05, 3.63) is 17.5 Å². The summed E-state index contributed by atoms with van der Waals surface area (Å²) in [6.45, 7) is 11.6. The highest BCUT2D eigenvalue weighted by molar-refractivity contribution is 7.25. The number of H-pyrrole nitrogens is 1. The number of rotatable bonds is 4. The van der Waals surface area contributed by atoms with Crippen molar-refractivity contribution in [2.24, 2.45) is 0 Å². The van der Waals surface area contributed by atoms with E-state index in [2.05, 4.69) is 47.9 Å². The van der Waals surface area contributed by atoms with Crippen molar-refractivity contribution in [1.82, 2.24) is 9.97 Å². The molecule has 1 saturated heterocycles. The summed E-state index contributed by atoms with van der Waals surface area (Å²) < 4.78 is 7.37. The normalized spacial score (nSPS) is 19.7. The maximum Gasteiger partial charge on any atom is 0.281 e. The second-order valence-electron chi connectivity index (χ2n) is 9.01.